The first kappa shape index (κ1) is 23.5. The molecule has 4 rings (SSSR count). The van der Waals surface area contributed by atoms with Crippen molar-refractivity contribution in [1.29, 1.82) is 0 Å². The van der Waals surface area contributed by atoms with E-state index in [2.05, 4.69) is 14.9 Å². The molecule has 0 unspecified atom stereocenters. The summed E-state index contributed by atoms with van der Waals surface area (Å²) in [6.07, 6.45) is 0. The van der Waals surface area contributed by atoms with E-state index in [1.807, 2.05) is 24.3 Å². The van der Waals surface area contributed by atoms with Crippen LogP contribution < -0.4 is 5.56 Å². The number of aromatic nitrogens is 2. The Labute approximate surface area is 193 Å². The summed E-state index contributed by atoms with van der Waals surface area (Å²) >= 11 is 0. The number of para-hydroxylation sites is 1. The Balaban J connectivity index is 1.55. The minimum absolute atomic E-state index is 0.180. The van der Waals surface area contributed by atoms with Crippen molar-refractivity contribution in [2.75, 3.05) is 46.6 Å². The molecular weight excluding hydrogens is 444 g/mol. The van der Waals surface area contributed by atoms with E-state index in [0.29, 0.717) is 69.3 Å². The summed E-state index contributed by atoms with van der Waals surface area (Å²) in [6.45, 7) is 3.47. The number of fused-ring (bicyclic) bond motifs is 1. The Morgan fingerprint density at radius 2 is 1.91 bits per heavy atom. The zero-order valence-electron chi connectivity index (χ0n) is 18.6. The molecule has 0 bridgehead atoms. The molecule has 176 valence electrons. The van der Waals surface area contributed by atoms with Crippen LogP contribution in [0, 0.1) is 0 Å². The summed E-state index contributed by atoms with van der Waals surface area (Å²) in [5.74, 6) is 0.548. The first-order valence-electron chi connectivity index (χ1n) is 10.8. The number of hydrogen-bond acceptors (Lipinski definition) is 7. The zero-order chi connectivity index (χ0) is 23.3. The molecule has 33 heavy (non-hydrogen) atoms. The molecule has 0 spiro atoms. The van der Waals surface area contributed by atoms with E-state index in [4.69, 9.17) is 9.47 Å². The molecule has 0 amide bonds. The lowest BCUT2D eigenvalue weighted by molar-refractivity contribution is 0.0730. The molecule has 1 aliphatic rings. The van der Waals surface area contributed by atoms with Gasteiger partial charge in [0, 0.05) is 33.3 Å². The van der Waals surface area contributed by atoms with Gasteiger partial charge in [-0.15, -0.1) is 0 Å². The van der Waals surface area contributed by atoms with Crippen LogP contribution in [-0.2, 0) is 32.6 Å². The minimum atomic E-state index is -3.58. The number of morpholine rings is 1. The molecule has 9 nitrogen and oxygen atoms in total. The van der Waals surface area contributed by atoms with Crippen LogP contribution >= 0.6 is 0 Å². The summed E-state index contributed by atoms with van der Waals surface area (Å²) in [7, 11) is -1.95. The molecule has 2 heterocycles. The van der Waals surface area contributed by atoms with Crippen LogP contribution in [0.2, 0.25) is 0 Å². The fourth-order valence-corrected chi connectivity index (χ4v) is 5.33. The van der Waals surface area contributed by atoms with Crippen LogP contribution in [0.3, 0.4) is 0 Å². The Hall–Kier alpha value is -2.63. The van der Waals surface area contributed by atoms with Gasteiger partial charge in [-0.05, 0) is 29.8 Å². The molecular formula is C23H28N4O5S. The topological polar surface area (TPSA) is 105 Å². The molecule has 0 saturated carbocycles. The van der Waals surface area contributed by atoms with Gasteiger partial charge < -0.3 is 14.5 Å². The summed E-state index contributed by atoms with van der Waals surface area (Å²) < 4.78 is 38.1. The monoisotopic (exact) mass is 472 g/mol. The number of benzene rings is 2. The van der Waals surface area contributed by atoms with E-state index in [1.165, 1.54) is 4.31 Å². The molecule has 2 aromatic carbocycles. The largest absolute Gasteiger partial charge is 0.383 e. The van der Waals surface area contributed by atoms with Crippen molar-refractivity contribution in [2.24, 2.45) is 0 Å². The van der Waals surface area contributed by atoms with Crippen molar-refractivity contribution >= 4 is 20.9 Å². The average molecular weight is 473 g/mol. The number of nitrogens with zero attached hydrogens (tertiary/aromatic N) is 3. The number of hydrogen-bond donors (Lipinski definition) is 1. The second kappa shape index (κ2) is 10.5. The van der Waals surface area contributed by atoms with Gasteiger partial charge in [-0.2, -0.15) is 4.31 Å². The van der Waals surface area contributed by atoms with E-state index in [1.54, 1.807) is 31.4 Å². The number of rotatable bonds is 9. The summed E-state index contributed by atoms with van der Waals surface area (Å²) in [4.78, 5) is 22.2. The predicted molar refractivity (Wildman–Crippen MR) is 124 cm³/mol. The predicted octanol–water partition coefficient (Wildman–Crippen LogP) is 1.59. The molecule has 1 saturated heterocycles. The van der Waals surface area contributed by atoms with E-state index in [-0.39, 0.29) is 10.5 Å². The maximum Gasteiger partial charge on any atom is 0.258 e. The van der Waals surface area contributed by atoms with Gasteiger partial charge in [0.05, 0.1) is 42.2 Å². The van der Waals surface area contributed by atoms with Crippen LogP contribution in [-0.4, -0.2) is 74.2 Å². The van der Waals surface area contributed by atoms with Gasteiger partial charge in [0.1, 0.15) is 5.82 Å². The quantitative estimate of drug-likeness (QED) is 0.504. The van der Waals surface area contributed by atoms with Crippen LogP contribution in [0.4, 0.5) is 0 Å². The standard InChI is InChI=1S/C23H28N4O5S/c1-31-12-9-26(17-22-24-21-8-3-2-7-20(21)23(28)25-22)16-18-5-4-6-19(15-18)33(29,30)27-10-13-32-14-11-27/h2-8,15H,9-14,16-17H2,1H3,(H,24,25,28). The Morgan fingerprint density at radius 3 is 2.70 bits per heavy atom. The fraction of sp³-hybridized carbons (Fsp3) is 0.391. The van der Waals surface area contributed by atoms with Crippen LogP contribution in [0.25, 0.3) is 10.9 Å². The Morgan fingerprint density at radius 1 is 1.12 bits per heavy atom. The smallest absolute Gasteiger partial charge is 0.258 e. The third kappa shape index (κ3) is 5.66. The Bertz CT molecular complexity index is 1250. The van der Waals surface area contributed by atoms with Crippen molar-refractivity contribution in [3.8, 4) is 0 Å². The Kier molecular flexibility index (Phi) is 7.51. The van der Waals surface area contributed by atoms with E-state index < -0.39 is 10.0 Å². The molecule has 0 aliphatic carbocycles. The average Bonchev–Trinajstić information content (AvgIpc) is 2.83. The highest BCUT2D eigenvalue weighted by molar-refractivity contribution is 7.89. The first-order chi connectivity index (χ1) is 16.0. The SMILES string of the molecule is COCCN(Cc1cccc(S(=O)(=O)N2CCOCC2)c1)Cc1nc2ccccc2c(=O)[nH]1. The highest BCUT2D eigenvalue weighted by Crippen LogP contribution is 2.19. The maximum absolute atomic E-state index is 13.0. The van der Waals surface area contributed by atoms with Gasteiger partial charge in [0.2, 0.25) is 10.0 Å². The number of nitrogens with one attached hydrogen (secondary N) is 1. The molecule has 1 fully saturated rings. The molecule has 1 aromatic heterocycles. The summed E-state index contributed by atoms with van der Waals surface area (Å²) in [5.41, 5.74) is 1.31. The second-order valence-electron chi connectivity index (χ2n) is 7.90. The van der Waals surface area contributed by atoms with Crippen molar-refractivity contribution in [3.05, 3.63) is 70.3 Å². The highest BCUT2D eigenvalue weighted by Gasteiger charge is 2.26. The van der Waals surface area contributed by atoms with Crippen LogP contribution in [0.15, 0.2) is 58.2 Å². The number of H-pyrrole nitrogens is 1. The zero-order valence-corrected chi connectivity index (χ0v) is 19.4. The maximum atomic E-state index is 13.0. The van der Waals surface area contributed by atoms with Crippen molar-refractivity contribution < 1.29 is 17.9 Å². The van der Waals surface area contributed by atoms with E-state index >= 15 is 0 Å². The van der Waals surface area contributed by atoms with E-state index in [9.17, 15) is 13.2 Å². The second-order valence-corrected chi connectivity index (χ2v) is 9.84. The number of ether oxygens (including phenoxy) is 2. The van der Waals surface area contributed by atoms with E-state index in [0.717, 1.165) is 5.56 Å². The highest BCUT2D eigenvalue weighted by atomic mass is 32.2. The van der Waals surface area contributed by atoms with Crippen LogP contribution in [0.5, 0.6) is 0 Å². The minimum Gasteiger partial charge on any atom is -0.383 e. The fourth-order valence-electron chi connectivity index (χ4n) is 3.85. The van der Waals surface area contributed by atoms with Crippen molar-refractivity contribution in [3.63, 3.8) is 0 Å². The normalized spacial score (nSPS) is 15.3. The van der Waals surface area contributed by atoms with Crippen molar-refractivity contribution in [1.82, 2.24) is 19.2 Å². The molecule has 1 aliphatic heterocycles. The van der Waals surface area contributed by atoms with Gasteiger partial charge in [0.15, 0.2) is 0 Å². The van der Waals surface area contributed by atoms with Gasteiger partial charge in [0.25, 0.3) is 5.56 Å². The van der Waals surface area contributed by atoms with Crippen molar-refractivity contribution in [2.45, 2.75) is 18.0 Å². The van der Waals surface area contributed by atoms with Gasteiger partial charge >= 0.3 is 0 Å². The number of aromatic amines is 1. The van der Waals surface area contributed by atoms with Gasteiger partial charge in [-0.3, -0.25) is 9.69 Å². The van der Waals surface area contributed by atoms with Gasteiger partial charge in [-0.1, -0.05) is 24.3 Å². The number of methoxy groups -OCH3 is 1. The summed E-state index contributed by atoms with van der Waals surface area (Å²) in [6, 6.07) is 14.2. The lowest BCUT2D eigenvalue weighted by atomic mass is 10.2. The van der Waals surface area contributed by atoms with Crippen LogP contribution in [0.1, 0.15) is 11.4 Å². The molecule has 10 heteroatoms. The van der Waals surface area contributed by atoms with Gasteiger partial charge in [-0.25, -0.2) is 13.4 Å². The number of sulfonamides is 1. The molecule has 0 atom stereocenters. The first-order valence-corrected chi connectivity index (χ1v) is 12.3. The third-order valence-electron chi connectivity index (χ3n) is 5.56. The lowest BCUT2D eigenvalue weighted by Crippen LogP contribution is -2.40. The molecule has 3 aromatic rings. The third-order valence-corrected chi connectivity index (χ3v) is 7.45. The molecule has 1 N–H and O–H groups in total. The summed E-state index contributed by atoms with van der Waals surface area (Å²) in [5, 5.41) is 0.547. The molecule has 0 radical (unpaired) electrons. The lowest BCUT2D eigenvalue weighted by Gasteiger charge is -2.26.